The van der Waals surface area contributed by atoms with Crippen LogP contribution in [0.3, 0.4) is 0 Å². The molecule has 23 heavy (non-hydrogen) atoms. The predicted molar refractivity (Wildman–Crippen MR) is 84.3 cm³/mol. The normalized spacial score (nSPS) is 32.0. The highest BCUT2D eigenvalue weighted by Crippen LogP contribution is 2.51. The highest BCUT2D eigenvalue weighted by molar-refractivity contribution is 7.17. The minimum atomic E-state index is -0.585. The maximum Gasteiger partial charge on any atom is 0.252 e. The Kier molecular flexibility index (Phi) is 3.15. The van der Waals surface area contributed by atoms with Gasteiger partial charge in [0.25, 0.3) is 5.91 Å². The fraction of sp³-hybridized carbons (Fsp3) is 0.562. The molecule has 3 aliphatic heterocycles. The number of hydrogen-bond acceptors (Lipinski definition) is 5. The number of primary amides is 1. The van der Waals surface area contributed by atoms with Gasteiger partial charge in [-0.2, -0.15) is 0 Å². The van der Waals surface area contributed by atoms with Crippen molar-refractivity contribution >= 4 is 34.1 Å². The van der Waals surface area contributed by atoms with E-state index in [0.717, 1.165) is 23.3 Å². The van der Waals surface area contributed by atoms with Gasteiger partial charge in [-0.25, -0.2) is 4.90 Å². The summed E-state index contributed by atoms with van der Waals surface area (Å²) in [5.74, 6) is -1.85. The lowest BCUT2D eigenvalue weighted by atomic mass is 9.81. The Morgan fingerprint density at radius 2 is 1.83 bits per heavy atom. The van der Waals surface area contributed by atoms with Crippen LogP contribution in [0.2, 0.25) is 0 Å². The molecule has 1 aromatic heterocycles. The molecule has 0 aromatic carbocycles. The number of hydrogen-bond donors (Lipinski definition) is 1. The van der Waals surface area contributed by atoms with Crippen molar-refractivity contribution in [1.82, 2.24) is 0 Å². The van der Waals surface area contributed by atoms with E-state index in [4.69, 9.17) is 10.5 Å². The summed E-state index contributed by atoms with van der Waals surface area (Å²) in [5, 5.41) is 0.399. The quantitative estimate of drug-likeness (QED) is 0.846. The zero-order valence-corrected chi connectivity index (χ0v) is 13.8. The Labute approximate surface area is 137 Å². The second-order valence-corrected chi connectivity index (χ2v) is 7.59. The molecule has 6 nitrogen and oxygen atoms in total. The second-order valence-electron chi connectivity index (χ2n) is 6.39. The highest BCUT2D eigenvalue weighted by Gasteiger charge is 2.63. The average molecular weight is 334 g/mol. The lowest BCUT2D eigenvalue weighted by molar-refractivity contribution is -0.124. The number of aryl methyl sites for hydroxylation is 1. The summed E-state index contributed by atoms with van der Waals surface area (Å²) in [4.78, 5) is 39.8. The number of thiophene rings is 1. The minimum absolute atomic E-state index is 0.157. The summed E-state index contributed by atoms with van der Waals surface area (Å²) < 4.78 is 5.74. The second kappa shape index (κ2) is 4.88. The largest absolute Gasteiger partial charge is 0.373 e. The van der Waals surface area contributed by atoms with E-state index >= 15 is 0 Å². The van der Waals surface area contributed by atoms with Crippen LogP contribution < -0.4 is 10.6 Å². The number of nitrogens with two attached hydrogens (primary N) is 1. The van der Waals surface area contributed by atoms with E-state index in [1.54, 1.807) is 0 Å². The third kappa shape index (κ3) is 1.80. The van der Waals surface area contributed by atoms with Gasteiger partial charge >= 0.3 is 0 Å². The van der Waals surface area contributed by atoms with Crippen molar-refractivity contribution in [3.05, 3.63) is 16.0 Å². The van der Waals surface area contributed by atoms with Gasteiger partial charge in [0.2, 0.25) is 11.8 Å². The van der Waals surface area contributed by atoms with Crippen LogP contribution in [0.4, 0.5) is 5.00 Å². The summed E-state index contributed by atoms with van der Waals surface area (Å²) in [6.07, 6.45) is 1.97. The fourth-order valence-electron chi connectivity index (χ4n) is 4.31. The first-order valence-electron chi connectivity index (χ1n) is 7.91. The first-order valence-corrected chi connectivity index (χ1v) is 8.72. The average Bonchev–Trinajstić information content (AvgIpc) is 3.22. The molecular weight excluding hydrogens is 316 g/mol. The molecule has 4 rings (SSSR count). The molecule has 2 N–H and O–H groups in total. The molecule has 4 heterocycles. The molecule has 3 aliphatic rings. The maximum atomic E-state index is 12.9. The third-order valence-corrected chi connectivity index (χ3v) is 6.41. The van der Waals surface area contributed by atoms with Gasteiger partial charge in [-0.3, -0.25) is 14.4 Å². The van der Waals surface area contributed by atoms with E-state index in [2.05, 4.69) is 0 Å². The van der Waals surface area contributed by atoms with Crippen LogP contribution in [0, 0.1) is 18.8 Å². The number of ether oxygens (including phenoxy) is 1. The molecule has 122 valence electrons. The Morgan fingerprint density at radius 3 is 2.30 bits per heavy atom. The topological polar surface area (TPSA) is 89.7 Å². The molecule has 1 aromatic rings. The molecule has 0 unspecified atom stereocenters. The number of amides is 3. The van der Waals surface area contributed by atoms with Crippen molar-refractivity contribution in [3.8, 4) is 0 Å². The van der Waals surface area contributed by atoms with Crippen molar-refractivity contribution < 1.29 is 19.1 Å². The smallest absolute Gasteiger partial charge is 0.252 e. The van der Waals surface area contributed by atoms with E-state index in [1.807, 2.05) is 13.8 Å². The van der Waals surface area contributed by atoms with Crippen LogP contribution in [0.1, 0.15) is 40.6 Å². The van der Waals surface area contributed by atoms with Crippen LogP contribution in [0.5, 0.6) is 0 Å². The number of carbonyl (C=O) groups excluding carboxylic acids is 3. The van der Waals surface area contributed by atoms with Crippen LogP contribution >= 0.6 is 11.3 Å². The van der Waals surface area contributed by atoms with Gasteiger partial charge < -0.3 is 10.5 Å². The van der Waals surface area contributed by atoms with E-state index in [-0.39, 0.29) is 24.0 Å². The van der Waals surface area contributed by atoms with Gasteiger partial charge in [0, 0.05) is 4.88 Å². The first-order chi connectivity index (χ1) is 11.0. The maximum absolute atomic E-state index is 12.9. The van der Waals surface area contributed by atoms with Gasteiger partial charge in [-0.15, -0.1) is 11.3 Å². The van der Waals surface area contributed by atoms with E-state index in [0.29, 0.717) is 17.0 Å². The summed E-state index contributed by atoms with van der Waals surface area (Å²) in [6, 6.07) is 0. The van der Waals surface area contributed by atoms with Crippen molar-refractivity contribution in [2.45, 2.75) is 45.3 Å². The monoisotopic (exact) mass is 334 g/mol. The Hall–Kier alpha value is -1.73. The molecule has 3 fully saturated rings. The van der Waals surface area contributed by atoms with Crippen LogP contribution in [0.25, 0.3) is 0 Å². The highest BCUT2D eigenvalue weighted by atomic mass is 32.1. The lowest BCUT2D eigenvalue weighted by Gasteiger charge is -2.17. The van der Waals surface area contributed by atoms with Crippen molar-refractivity contribution in [3.63, 3.8) is 0 Å². The number of rotatable bonds is 3. The van der Waals surface area contributed by atoms with Gasteiger partial charge in [0.15, 0.2) is 0 Å². The number of imide groups is 1. The fourth-order valence-corrected chi connectivity index (χ4v) is 5.57. The first kappa shape index (κ1) is 14.8. The Balaban J connectivity index is 1.82. The molecule has 3 amide bonds. The molecule has 0 radical (unpaired) electrons. The van der Waals surface area contributed by atoms with Crippen molar-refractivity contribution in [2.75, 3.05) is 4.90 Å². The summed E-state index contributed by atoms with van der Waals surface area (Å²) in [5.41, 5.74) is 6.69. The predicted octanol–water partition coefficient (Wildman–Crippen LogP) is 1.38. The Morgan fingerprint density at radius 1 is 1.26 bits per heavy atom. The van der Waals surface area contributed by atoms with Crippen molar-refractivity contribution in [2.24, 2.45) is 17.6 Å². The number of anilines is 1. The molecule has 4 atom stereocenters. The van der Waals surface area contributed by atoms with Gasteiger partial charge in [-0.05, 0) is 31.7 Å². The SMILES string of the molecule is CCc1c(C)sc(N2C(=O)[C@@H]3[C@H](C2=O)[C@H]2CC[C@H]3O2)c1C(N)=O. The number of fused-ring (bicyclic) bond motifs is 5. The van der Waals surface area contributed by atoms with Crippen LogP contribution in [-0.4, -0.2) is 29.9 Å². The summed E-state index contributed by atoms with van der Waals surface area (Å²) in [7, 11) is 0. The van der Waals surface area contributed by atoms with Crippen molar-refractivity contribution in [1.29, 1.82) is 0 Å². The zero-order valence-electron chi connectivity index (χ0n) is 13.0. The summed E-state index contributed by atoms with van der Waals surface area (Å²) >= 11 is 1.30. The molecule has 3 saturated heterocycles. The van der Waals surface area contributed by atoms with E-state index < -0.39 is 17.7 Å². The zero-order chi connectivity index (χ0) is 16.5. The molecule has 0 spiro atoms. The molecule has 0 saturated carbocycles. The standard InChI is InChI=1S/C16H18N2O4S/c1-3-7-6(2)23-16(10(7)13(17)19)18-14(20)11-8-4-5-9(22-8)12(11)15(18)21/h8-9,11-12H,3-5H2,1-2H3,(H2,17,19)/t8-,9-,11-,12+/m1/s1. The van der Waals surface area contributed by atoms with Gasteiger partial charge in [0.1, 0.15) is 5.00 Å². The van der Waals surface area contributed by atoms with Crippen LogP contribution in [0.15, 0.2) is 0 Å². The third-order valence-electron chi connectivity index (χ3n) is 5.28. The van der Waals surface area contributed by atoms with E-state index in [9.17, 15) is 14.4 Å². The lowest BCUT2D eigenvalue weighted by Crippen LogP contribution is -2.35. The van der Waals surface area contributed by atoms with Crippen LogP contribution in [-0.2, 0) is 20.7 Å². The summed E-state index contributed by atoms with van der Waals surface area (Å²) in [6.45, 7) is 3.82. The number of nitrogens with zero attached hydrogens (tertiary/aromatic N) is 1. The molecular formula is C16H18N2O4S. The minimum Gasteiger partial charge on any atom is -0.373 e. The van der Waals surface area contributed by atoms with E-state index in [1.165, 1.54) is 16.2 Å². The van der Waals surface area contributed by atoms with Gasteiger partial charge in [-0.1, -0.05) is 6.92 Å². The molecule has 0 aliphatic carbocycles. The van der Waals surface area contributed by atoms with Gasteiger partial charge in [0.05, 0.1) is 29.6 Å². The Bertz CT molecular complexity index is 713. The molecule has 2 bridgehead atoms. The number of carbonyl (C=O) groups is 3. The molecule has 7 heteroatoms.